The van der Waals surface area contributed by atoms with Gasteiger partial charge >= 0.3 is 5.97 Å². The fraction of sp³-hybridized carbons (Fsp3) is 0.240. The molecule has 9 heteroatoms. The van der Waals surface area contributed by atoms with Crippen LogP contribution in [-0.2, 0) is 9.53 Å². The third kappa shape index (κ3) is 4.26. The summed E-state index contributed by atoms with van der Waals surface area (Å²) in [5.74, 6) is 0.205. The molecular formula is C25H23FN2O5S. The number of carbonyl (C=O) groups is 1. The van der Waals surface area contributed by atoms with Crippen LogP contribution < -0.4 is 24.4 Å². The number of benzene rings is 2. The average molecular weight is 483 g/mol. The molecule has 1 aromatic heterocycles. The predicted molar refractivity (Wildman–Crippen MR) is 126 cm³/mol. The number of carbonyl (C=O) groups excluding carboxylic acids is 1. The van der Waals surface area contributed by atoms with Gasteiger partial charge in [0.15, 0.2) is 4.80 Å². The van der Waals surface area contributed by atoms with E-state index < -0.39 is 17.8 Å². The molecule has 0 bridgehead atoms. The van der Waals surface area contributed by atoms with E-state index in [0.29, 0.717) is 37.7 Å². The minimum atomic E-state index is -0.801. The highest BCUT2D eigenvalue weighted by molar-refractivity contribution is 7.07. The van der Waals surface area contributed by atoms with E-state index in [1.165, 1.54) is 28.0 Å². The van der Waals surface area contributed by atoms with Crippen LogP contribution in [0.15, 0.2) is 63.5 Å². The Morgan fingerprint density at radius 3 is 2.56 bits per heavy atom. The van der Waals surface area contributed by atoms with E-state index in [-0.39, 0.29) is 17.7 Å². The van der Waals surface area contributed by atoms with Crippen LogP contribution in [-0.4, -0.2) is 31.4 Å². The molecule has 176 valence electrons. The number of rotatable bonds is 6. The molecule has 1 aliphatic heterocycles. The minimum Gasteiger partial charge on any atom is -0.497 e. The van der Waals surface area contributed by atoms with Gasteiger partial charge in [-0.05, 0) is 55.8 Å². The van der Waals surface area contributed by atoms with Crippen LogP contribution in [0.4, 0.5) is 4.39 Å². The Hall–Kier alpha value is -3.72. The maximum atomic E-state index is 13.6. The molecule has 3 aromatic rings. The number of halogens is 1. The second-order valence-electron chi connectivity index (χ2n) is 7.46. The number of esters is 1. The van der Waals surface area contributed by atoms with Crippen molar-refractivity contribution < 1.29 is 23.4 Å². The lowest BCUT2D eigenvalue weighted by Crippen LogP contribution is -2.39. The summed E-state index contributed by atoms with van der Waals surface area (Å²) in [6, 6.07) is 10.2. The number of thiazole rings is 1. The normalized spacial score (nSPS) is 15.6. The van der Waals surface area contributed by atoms with Crippen LogP contribution in [0.3, 0.4) is 0 Å². The fourth-order valence-electron chi connectivity index (χ4n) is 3.85. The van der Waals surface area contributed by atoms with E-state index >= 15 is 0 Å². The molecule has 7 nitrogen and oxygen atoms in total. The molecule has 0 spiro atoms. The molecule has 0 unspecified atom stereocenters. The van der Waals surface area contributed by atoms with Gasteiger partial charge in [0.25, 0.3) is 5.56 Å². The number of ether oxygens (including phenoxy) is 3. The first-order chi connectivity index (χ1) is 16.4. The molecule has 0 saturated heterocycles. The number of methoxy groups -OCH3 is 2. The number of nitrogens with zero attached hydrogens (tertiary/aromatic N) is 2. The van der Waals surface area contributed by atoms with Crippen molar-refractivity contribution in [2.75, 3.05) is 20.8 Å². The van der Waals surface area contributed by atoms with Gasteiger partial charge in [-0.2, -0.15) is 0 Å². The molecule has 1 atom stereocenters. The molecule has 0 saturated carbocycles. The van der Waals surface area contributed by atoms with Gasteiger partial charge < -0.3 is 14.2 Å². The van der Waals surface area contributed by atoms with Gasteiger partial charge in [0.2, 0.25) is 0 Å². The van der Waals surface area contributed by atoms with Crippen molar-refractivity contribution in [1.29, 1.82) is 0 Å². The highest BCUT2D eigenvalue weighted by Gasteiger charge is 2.33. The number of fused-ring (bicyclic) bond motifs is 1. The lowest BCUT2D eigenvalue weighted by molar-refractivity contribution is -0.139. The Kier molecular flexibility index (Phi) is 6.65. The van der Waals surface area contributed by atoms with Gasteiger partial charge in [-0.15, -0.1) is 0 Å². The molecule has 0 radical (unpaired) electrons. The summed E-state index contributed by atoms with van der Waals surface area (Å²) in [6.07, 6.45) is 1.70. The number of aromatic nitrogens is 1. The van der Waals surface area contributed by atoms with Gasteiger partial charge in [-0.25, -0.2) is 14.2 Å². The average Bonchev–Trinajstić information content (AvgIpc) is 3.13. The number of hydrogen-bond donors (Lipinski definition) is 0. The largest absolute Gasteiger partial charge is 0.497 e. The van der Waals surface area contributed by atoms with Gasteiger partial charge in [0, 0.05) is 5.56 Å². The van der Waals surface area contributed by atoms with Crippen LogP contribution in [0.5, 0.6) is 11.5 Å². The zero-order valence-electron chi connectivity index (χ0n) is 19.1. The summed E-state index contributed by atoms with van der Waals surface area (Å²) < 4.78 is 31.5. The van der Waals surface area contributed by atoms with Gasteiger partial charge in [-0.3, -0.25) is 9.36 Å². The predicted octanol–water partition coefficient (Wildman–Crippen LogP) is 2.95. The third-order valence-electron chi connectivity index (χ3n) is 5.43. The van der Waals surface area contributed by atoms with Crippen LogP contribution in [0.25, 0.3) is 6.08 Å². The first-order valence-corrected chi connectivity index (χ1v) is 11.4. The second-order valence-corrected chi connectivity index (χ2v) is 8.47. The number of hydrogen-bond acceptors (Lipinski definition) is 7. The molecular weight excluding hydrogens is 459 g/mol. The Labute approximate surface area is 199 Å². The molecule has 34 heavy (non-hydrogen) atoms. The summed E-state index contributed by atoms with van der Waals surface area (Å²) in [5.41, 5.74) is 1.58. The monoisotopic (exact) mass is 482 g/mol. The summed E-state index contributed by atoms with van der Waals surface area (Å²) in [4.78, 5) is 31.4. The SMILES string of the molecule is CCOC(=O)C1=C(C)N=c2s/c(=C\c3cc(OC)ccc3OC)c(=O)n2[C@H]1c1ccc(F)cc1. The Bertz CT molecular complexity index is 1450. The van der Waals surface area contributed by atoms with Gasteiger partial charge in [0.1, 0.15) is 17.3 Å². The quantitative estimate of drug-likeness (QED) is 0.505. The summed E-state index contributed by atoms with van der Waals surface area (Å²) in [5, 5.41) is 0. The fourth-order valence-corrected chi connectivity index (χ4v) is 4.88. The van der Waals surface area contributed by atoms with Crippen molar-refractivity contribution in [3.8, 4) is 11.5 Å². The summed E-state index contributed by atoms with van der Waals surface area (Å²) in [6.45, 7) is 3.58. The molecule has 1 aliphatic rings. The van der Waals surface area contributed by atoms with Crippen LogP contribution in [0, 0.1) is 5.82 Å². The lowest BCUT2D eigenvalue weighted by Gasteiger charge is -2.24. The van der Waals surface area contributed by atoms with Crippen LogP contribution in [0.1, 0.15) is 31.0 Å². The van der Waals surface area contributed by atoms with Gasteiger partial charge in [-0.1, -0.05) is 23.5 Å². The zero-order valence-corrected chi connectivity index (χ0v) is 19.9. The molecule has 2 aromatic carbocycles. The standard InChI is InChI=1S/C25H23FN2O5S/c1-5-33-24(30)21-14(2)27-25-28(22(21)15-6-8-17(26)9-7-15)23(29)20(34-25)13-16-12-18(31-3)10-11-19(16)32-4/h6-13,22H,5H2,1-4H3/b20-13-/t22-/m0/s1. The molecule has 0 N–H and O–H groups in total. The van der Waals surface area contributed by atoms with E-state index in [0.717, 1.165) is 0 Å². The van der Waals surface area contributed by atoms with E-state index in [2.05, 4.69) is 4.99 Å². The van der Waals surface area contributed by atoms with Crippen molar-refractivity contribution in [2.24, 2.45) is 4.99 Å². The maximum absolute atomic E-state index is 13.6. The maximum Gasteiger partial charge on any atom is 0.338 e. The number of allylic oxidation sites excluding steroid dienone is 1. The van der Waals surface area contributed by atoms with E-state index in [9.17, 15) is 14.0 Å². The Morgan fingerprint density at radius 2 is 1.91 bits per heavy atom. The lowest BCUT2D eigenvalue weighted by atomic mass is 9.96. The van der Waals surface area contributed by atoms with Crippen molar-refractivity contribution in [2.45, 2.75) is 19.9 Å². The van der Waals surface area contributed by atoms with Crippen LogP contribution >= 0.6 is 11.3 Å². The summed E-state index contributed by atoms with van der Waals surface area (Å²) >= 11 is 1.19. The van der Waals surface area contributed by atoms with Crippen molar-refractivity contribution in [3.05, 3.63) is 90.4 Å². The third-order valence-corrected chi connectivity index (χ3v) is 6.41. The minimum absolute atomic E-state index is 0.172. The van der Waals surface area contributed by atoms with Gasteiger partial charge in [0.05, 0.1) is 42.7 Å². The highest BCUT2D eigenvalue weighted by Crippen LogP contribution is 2.31. The highest BCUT2D eigenvalue weighted by atomic mass is 32.1. The Balaban J connectivity index is 1.96. The molecule has 2 heterocycles. The van der Waals surface area contributed by atoms with E-state index in [1.807, 2.05) is 0 Å². The smallest absolute Gasteiger partial charge is 0.338 e. The first-order valence-electron chi connectivity index (χ1n) is 10.5. The first kappa shape index (κ1) is 23.4. The second kappa shape index (κ2) is 9.64. The molecule has 0 amide bonds. The van der Waals surface area contributed by atoms with Crippen LogP contribution in [0.2, 0.25) is 0 Å². The molecule has 0 aliphatic carbocycles. The Morgan fingerprint density at radius 1 is 1.18 bits per heavy atom. The zero-order chi connectivity index (χ0) is 24.4. The van der Waals surface area contributed by atoms with Crippen molar-refractivity contribution in [1.82, 2.24) is 4.57 Å². The van der Waals surface area contributed by atoms with Crippen molar-refractivity contribution in [3.63, 3.8) is 0 Å². The molecule has 4 rings (SSSR count). The topological polar surface area (TPSA) is 79.1 Å². The summed E-state index contributed by atoms with van der Waals surface area (Å²) in [7, 11) is 3.10. The molecule has 0 fully saturated rings. The van der Waals surface area contributed by atoms with E-state index in [4.69, 9.17) is 14.2 Å². The van der Waals surface area contributed by atoms with Crippen molar-refractivity contribution >= 4 is 23.4 Å². The van der Waals surface area contributed by atoms with E-state index in [1.54, 1.807) is 64.5 Å².